The first-order chi connectivity index (χ1) is 15.3. The minimum Gasteiger partial charge on any atom is -0.508 e. The second-order valence-corrected chi connectivity index (χ2v) is 11.0. The maximum absolute atomic E-state index is 13.1. The van der Waals surface area contributed by atoms with Gasteiger partial charge in [0.05, 0.1) is 15.5 Å². The van der Waals surface area contributed by atoms with E-state index >= 15 is 0 Å². The molecule has 0 unspecified atom stereocenters. The standard InChI is InChI=1S/C24H29ClN2O4S/c25-23-10-9-21(32(30,31)27-13-1-2-14-27)17-22(23)24(29)26-15-11-19(12-16-26)4-3-18-5-7-20(28)8-6-18/h5-10,17,19,28H,1-4,11-16H2. The van der Waals surface area contributed by atoms with Crippen molar-refractivity contribution in [2.45, 2.75) is 43.4 Å². The topological polar surface area (TPSA) is 77.9 Å². The molecule has 0 radical (unpaired) electrons. The normalized spacial score (nSPS) is 18.2. The number of amides is 1. The zero-order valence-electron chi connectivity index (χ0n) is 18.0. The molecule has 0 saturated carbocycles. The molecule has 2 aliphatic heterocycles. The van der Waals surface area contributed by atoms with E-state index in [4.69, 9.17) is 11.6 Å². The van der Waals surface area contributed by atoms with Gasteiger partial charge in [0.2, 0.25) is 10.0 Å². The Morgan fingerprint density at radius 3 is 2.31 bits per heavy atom. The van der Waals surface area contributed by atoms with Crippen LogP contribution in [0.3, 0.4) is 0 Å². The Kier molecular flexibility index (Phi) is 7.08. The molecule has 172 valence electrons. The van der Waals surface area contributed by atoms with Crippen molar-refractivity contribution in [3.8, 4) is 5.75 Å². The second kappa shape index (κ2) is 9.81. The van der Waals surface area contributed by atoms with Gasteiger partial charge in [-0.1, -0.05) is 23.7 Å². The zero-order chi connectivity index (χ0) is 22.7. The molecule has 2 fully saturated rings. The molecule has 2 heterocycles. The Morgan fingerprint density at radius 2 is 1.66 bits per heavy atom. The third kappa shape index (κ3) is 5.11. The molecular formula is C24H29ClN2O4S. The molecule has 1 amide bonds. The molecule has 0 atom stereocenters. The number of sulfonamides is 1. The van der Waals surface area contributed by atoms with Crippen molar-refractivity contribution in [2.24, 2.45) is 5.92 Å². The van der Waals surface area contributed by atoms with Crippen LogP contribution in [0.1, 0.15) is 48.0 Å². The fraction of sp³-hybridized carbons (Fsp3) is 0.458. The second-order valence-electron chi connectivity index (χ2n) is 8.69. The number of phenols is 1. The minimum absolute atomic E-state index is 0.135. The number of carbonyl (C=O) groups excluding carboxylic acids is 1. The number of aromatic hydroxyl groups is 1. The number of aryl methyl sites for hydroxylation is 1. The molecule has 2 aliphatic rings. The Bertz CT molecular complexity index is 1060. The highest BCUT2D eigenvalue weighted by atomic mass is 35.5. The smallest absolute Gasteiger partial charge is 0.255 e. The van der Waals surface area contributed by atoms with Gasteiger partial charge in [-0.25, -0.2) is 8.42 Å². The summed E-state index contributed by atoms with van der Waals surface area (Å²) in [4.78, 5) is 15.1. The molecule has 0 bridgehead atoms. The lowest BCUT2D eigenvalue weighted by Crippen LogP contribution is -2.38. The number of nitrogens with zero attached hydrogens (tertiary/aromatic N) is 2. The average molecular weight is 477 g/mol. The van der Waals surface area contributed by atoms with Crippen molar-refractivity contribution in [1.29, 1.82) is 0 Å². The number of phenolic OH excluding ortho intramolecular Hbond substituents is 1. The fourth-order valence-electron chi connectivity index (χ4n) is 4.53. The maximum Gasteiger partial charge on any atom is 0.255 e. The summed E-state index contributed by atoms with van der Waals surface area (Å²) in [5.74, 6) is 0.604. The number of rotatable bonds is 6. The molecule has 32 heavy (non-hydrogen) atoms. The number of carbonyl (C=O) groups is 1. The Morgan fingerprint density at radius 1 is 1.00 bits per heavy atom. The minimum atomic E-state index is -3.60. The van der Waals surface area contributed by atoms with Crippen LogP contribution in [0.15, 0.2) is 47.4 Å². The van der Waals surface area contributed by atoms with Crippen molar-refractivity contribution in [3.05, 3.63) is 58.6 Å². The van der Waals surface area contributed by atoms with Gasteiger partial charge in [-0.05, 0) is 80.3 Å². The lowest BCUT2D eigenvalue weighted by molar-refractivity contribution is 0.0687. The molecule has 4 rings (SSSR count). The van der Waals surface area contributed by atoms with Crippen molar-refractivity contribution in [3.63, 3.8) is 0 Å². The Labute approximate surface area is 194 Å². The summed E-state index contributed by atoms with van der Waals surface area (Å²) in [5, 5.41) is 9.68. The molecule has 2 aromatic rings. The number of benzene rings is 2. The van der Waals surface area contributed by atoms with Gasteiger partial charge in [0.15, 0.2) is 0 Å². The SMILES string of the molecule is O=C(c1cc(S(=O)(=O)N2CCCC2)ccc1Cl)N1CCC(CCc2ccc(O)cc2)CC1. The number of hydrogen-bond donors (Lipinski definition) is 1. The Hall–Kier alpha value is -2.09. The molecule has 2 aromatic carbocycles. The van der Waals surface area contributed by atoms with Crippen LogP contribution in [0.25, 0.3) is 0 Å². The number of hydrogen-bond acceptors (Lipinski definition) is 4. The maximum atomic E-state index is 13.1. The van der Waals surface area contributed by atoms with Gasteiger partial charge >= 0.3 is 0 Å². The molecule has 0 aromatic heterocycles. The lowest BCUT2D eigenvalue weighted by Gasteiger charge is -2.32. The van der Waals surface area contributed by atoms with Gasteiger partial charge in [0.25, 0.3) is 5.91 Å². The van der Waals surface area contributed by atoms with Crippen LogP contribution in [0.5, 0.6) is 5.75 Å². The average Bonchev–Trinajstić information content (AvgIpc) is 3.35. The first-order valence-corrected chi connectivity index (χ1v) is 13.0. The summed E-state index contributed by atoms with van der Waals surface area (Å²) in [5.41, 5.74) is 1.46. The summed E-state index contributed by atoms with van der Waals surface area (Å²) in [7, 11) is -3.60. The van der Waals surface area contributed by atoms with Crippen LogP contribution >= 0.6 is 11.6 Å². The highest BCUT2D eigenvalue weighted by molar-refractivity contribution is 7.89. The van der Waals surface area contributed by atoms with Crippen molar-refractivity contribution < 1.29 is 18.3 Å². The van der Waals surface area contributed by atoms with Gasteiger partial charge in [-0.2, -0.15) is 4.31 Å². The zero-order valence-corrected chi connectivity index (χ0v) is 19.6. The molecule has 0 spiro atoms. The van der Waals surface area contributed by atoms with Crippen molar-refractivity contribution in [1.82, 2.24) is 9.21 Å². The highest BCUT2D eigenvalue weighted by Crippen LogP contribution is 2.28. The molecule has 6 nitrogen and oxygen atoms in total. The summed E-state index contributed by atoms with van der Waals surface area (Å²) in [6.07, 6.45) is 5.53. The van der Waals surface area contributed by atoms with Gasteiger partial charge < -0.3 is 10.0 Å². The van der Waals surface area contributed by atoms with Crippen molar-refractivity contribution >= 4 is 27.5 Å². The van der Waals surface area contributed by atoms with E-state index in [0.29, 0.717) is 32.1 Å². The van der Waals surface area contributed by atoms with E-state index in [0.717, 1.165) is 38.5 Å². The fourth-order valence-corrected chi connectivity index (χ4v) is 6.28. The van der Waals surface area contributed by atoms with Crippen LogP contribution < -0.4 is 0 Å². The highest BCUT2D eigenvalue weighted by Gasteiger charge is 2.30. The Balaban J connectivity index is 1.38. The van der Waals surface area contributed by atoms with E-state index in [1.807, 2.05) is 12.1 Å². The van der Waals surface area contributed by atoms with E-state index in [9.17, 15) is 18.3 Å². The predicted octanol–water partition coefficient (Wildman–Crippen LogP) is 4.32. The molecule has 8 heteroatoms. The molecular weight excluding hydrogens is 448 g/mol. The summed E-state index contributed by atoms with van der Waals surface area (Å²) < 4.78 is 27.3. The van der Waals surface area contributed by atoms with E-state index in [1.165, 1.54) is 28.1 Å². The number of piperidine rings is 1. The van der Waals surface area contributed by atoms with Crippen LogP contribution in [-0.2, 0) is 16.4 Å². The van der Waals surface area contributed by atoms with E-state index in [1.54, 1.807) is 17.0 Å². The summed E-state index contributed by atoms with van der Waals surface area (Å²) >= 11 is 6.30. The van der Waals surface area contributed by atoms with Gasteiger partial charge in [-0.15, -0.1) is 0 Å². The van der Waals surface area contributed by atoms with Crippen molar-refractivity contribution in [2.75, 3.05) is 26.2 Å². The van der Waals surface area contributed by atoms with Gasteiger partial charge in [-0.3, -0.25) is 4.79 Å². The predicted molar refractivity (Wildman–Crippen MR) is 125 cm³/mol. The third-order valence-corrected chi connectivity index (χ3v) is 8.77. The number of halogens is 1. The van der Waals surface area contributed by atoms with Crippen LogP contribution in [-0.4, -0.2) is 54.8 Å². The summed E-state index contributed by atoms with van der Waals surface area (Å²) in [6, 6.07) is 11.7. The number of likely N-dealkylation sites (tertiary alicyclic amines) is 1. The van der Waals surface area contributed by atoms with Crippen LogP contribution in [0, 0.1) is 5.92 Å². The first-order valence-electron chi connectivity index (χ1n) is 11.2. The van der Waals surface area contributed by atoms with Crippen LogP contribution in [0.2, 0.25) is 5.02 Å². The quantitative estimate of drug-likeness (QED) is 0.673. The van der Waals surface area contributed by atoms with E-state index in [2.05, 4.69) is 0 Å². The molecule has 0 aliphatic carbocycles. The monoisotopic (exact) mass is 476 g/mol. The molecule has 1 N–H and O–H groups in total. The van der Waals surface area contributed by atoms with E-state index < -0.39 is 10.0 Å². The largest absolute Gasteiger partial charge is 0.508 e. The van der Waals surface area contributed by atoms with Crippen LogP contribution in [0.4, 0.5) is 0 Å². The van der Waals surface area contributed by atoms with Gasteiger partial charge in [0, 0.05) is 26.2 Å². The van der Waals surface area contributed by atoms with E-state index in [-0.39, 0.29) is 27.1 Å². The lowest BCUT2D eigenvalue weighted by atomic mass is 9.90. The third-order valence-electron chi connectivity index (χ3n) is 6.55. The first kappa shape index (κ1) is 23.1. The summed E-state index contributed by atoms with van der Waals surface area (Å²) in [6.45, 7) is 2.31. The van der Waals surface area contributed by atoms with Gasteiger partial charge in [0.1, 0.15) is 5.75 Å². The molecule has 2 saturated heterocycles.